The molecule has 2 aliphatic heterocycles. The summed E-state index contributed by atoms with van der Waals surface area (Å²) in [6.07, 6.45) is 7.15. The number of halogens is 2. The van der Waals surface area contributed by atoms with Gasteiger partial charge in [0.1, 0.15) is 29.3 Å². The molecule has 2 N–H and O–H groups in total. The van der Waals surface area contributed by atoms with Crippen LogP contribution in [0.5, 0.6) is 5.75 Å². The standard InChI is InChI=1S/C34H41ClFN7O4/c1-34(2)21-43(19-32(45)47-34)15-14-42-12-10-41(11-13-42)9-3-4-31(44)40-29-17-25-28(18-30(29)46-20-23-5-6-23)37-22-38-33(25)39-24-7-8-27(36)26(35)16-24/h3-4,7-8,16-18,22-23H,5-6,9-15,19-21H2,1-2H3,(H,40,44)(H,37,38,39)/b4-3+. The van der Waals surface area contributed by atoms with E-state index in [0.29, 0.717) is 59.5 Å². The molecule has 1 saturated carbocycles. The molecule has 1 aromatic heterocycles. The minimum atomic E-state index is -0.508. The van der Waals surface area contributed by atoms with Crippen LogP contribution in [0.15, 0.2) is 48.8 Å². The first-order valence-electron chi connectivity index (χ1n) is 16.1. The zero-order valence-electron chi connectivity index (χ0n) is 26.8. The summed E-state index contributed by atoms with van der Waals surface area (Å²) in [5.41, 5.74) is 1.27. The number of ether oxygens (including phenoxy) is 2. The van der Waals surface area contributed by atoms with Gasteiger partial charge in [-0.15, -0.1) is 0 Å². The second kappa shape index (κ2) is 14.5. The van der Waals surface area contributed by atoms with E-state index in [9.17, 15) is 14.0 Å². The monoisotopic (exact) mass is 665 g/mol. The van der Waals surface area contributed by atoms with Gasteiger partial charge in [-0.05, 0) is 56.9 Å². The first-order valence-corrected chi connectivity index (χ1v) is 16.5. The van der Waals surface area contributed by atoms with Crippen LogP contribution in [0.25, 0.3) is 10.9 Å². The van der Waals surface area contributed by atoms with Crippen molar-refractivity contribution in [2.45, 2.75) is 32.3 Å². The Morgan fingerprint density at radius 1 is 1.11 bits per heavy atom. The largest absolute Gasteiger partial charge is 0.491 e. The predicted octanol–water partition coefficient (Wildman–Crippen LogP) is 4.70. The molecule has 0 radical (unpaired) electrons. The fourth-order valence-electron chi connectivity index (χ4n) is 5.87. The van der Waals surface area contributed by atoms with Crippen molar-refractivity contribution in [3.05, 3.63) is 59.7 Å². The number of nitrogens with one attached hydrogen (secondary N) is 2. The summed E-state index contributed by atoms with van der Waals surface area (Å²) >= 11 is 5.98. The highest BCUT2D eigenvalue weighted by Crippen LogP contribution is 2.36. The molecule has 2 aromatic carbocycles. The van der Waals surface area contributed by atoms with Gasteiger partial charge in [-0.1, -0.05) is 17.7 Å². The summed E-state index contributed by atoms with van der Waals surface area (Å²) in [5.74, 6) is 0.620. The Balaban J connectivity index is 1.05. The molecule has 3 aromatic rings. The number of carbonyl (C=O) groups excluding carboxylic acids is 2. The molecular weight excluding hydrogens is 625 g/mol. The molecule has 1 aliphatic carbocycles. The lowest BCUT2D eigenvalue weighted by Crippen LogP contribution is -2.54. The maximum Gasteiger partial charge on any atom is 0.320 e. The maximum absolute atomic E-state index is 13.7. The van der Waals surface area contributed by atoms with E-state index in [4.69, 9.17) is 21.1 Å². The molecule has 0 bridgehead atoms. The summed E-state index contributed by atoms with van der Waals surface area (Å²) in [5, 5.41) is 6.82. The number of esters is 1. The summed E-state index contributed by atoms with van der Waals surface area (Å²) in [4.78, 5) is 40.7. The Bertz CT molecular complexity index is 1640. The fourth-order valence-corrected chi connectivity index (χ4v) is 6.05. The van der Waals surface area contributed by atoms with Crippen LogP contribution in [-0.2, 0) is 14.3 Å². The van der Waals surface area contributed by atoms with Crippen LogP contribution in [0.4, 0.5) is 21.6 Å². The minimum absolute atomic E-state index is 0.00236. The van der Waals surface area contributed by atoms with E-state index < -0.39 is 11.4 Å². The van der Waals surface area contributed by atoms with Crippen LogP contribution in [0, 0.1) is 11.7 Å². The number of cyclic esters (lactones) is 1. The molecule has 11 nitrogen and oxygen atoms in total. The van der Waals surface area contributed by atoms with Gasteiger partial charge >= 0.3 is 5.97 Å². The number of nitrogens with zero attached hydrogens (tertiary/aromatic N) is 5. The first-order chi connectivity index (χ1) is 22.6. The Hall–Kier alpha value is -3.84. The minimum Gasteiger partial charge on any atom is -0.491 e. The highest BCUT2D eigenvalue weighted by Gasteiger charge is 2.33. The number of hydrogen-bond donors (Lipinski definition) is 2. The molecule has 3 heterocycles. The van der Waals surface area contributed by atoms with Gasteiger partial charge in [-0.2, -0.15) is 0 Å². The number of benzene rings is 2. The van der Waals surface area contributed by atoms with Crippen molar-refractivity contribution >= 4 is 51.6 Å². The van der Waals surface area contributed by atoms with Gasteiger partial charge in [0, 0.05) is 75.6 Å². The van der Waals surface area contributed by atoms with E-state index in [1.54, 1.807) is 24.3 Å². The number of piperazine rings is 1. The van der Waals surface area contributed by atoms with Gasteiger partial charge in [0.2, 0.25) is 5.91 Å². The molecule has 0 atom stereocenters. The molecule has 3 aliphatic rings. The average Bonchev–Trinajstić information content (AvgIpc) is 3.85. The van der Waals surface area contributed by atoms with Crippen molar-refractivity contribution in [3.63, 3.8) is 0 Å². The first kappa shape index (κ1) is 33.1. The average molecular weight is 666 g/mol. The smallest absolute Gasteiger partial charge is 0.320 e. The summed E-state index contributed by atoms with van der Waals surface area (Å²) in [6, 6.07) is 7.95. The van der Waals surface area contributed by atoms with Crippen molar-refractivity contribution in [3.8, 4) is 5.75 Å². The van der Waals surface area contributed by atoms with Crippen LogP contribution < -0.4 is 15.4 Å². The van der Waals surface area contributed by atoms with Crippen molar-refractivity contribution in [1.29, 1.82) is 0 Å². The maximum atomic E-state index is 13.7. The number of carbonyl (C=O) groups is 2. The van der Waals surface area contributed by atoms with E-state index in [2.05, 4.69) is 35.3 Å². The zero-order chi connectivity index (χ0) is 33.0. The molecule has 0 spiro atoms. The van der Waals surface area contributed by atoms with E-state index in [-0.39, 0.29) is 16.9 Å². The Morgan fingerprint density at radius 3 is 2.62 bits per heavy atom. The third-order valence-electron chi connectivity index (χ3n) is 8.53. The van der Waals surface area contributed by atoms with E-state index in [1.807, 2.05) is 19.9 Å². The van der Waals surface area contributed by atoms with Crippen LogP contribution in [-0.4, -0.2) is 108 Å². The SMILES string of the molecule is CC1(C)CN(CCN2CCN(C/C=C/C(=O)Nc3cc4c(Nc5ccc(F)c(Cl)c5)ncnc4cc3OCC3CC3)CC2)CC(=O)O1. The number of morpholine rings is 1. The lowest BCUT2D eigenvalue weighted by Gasteiger charge is -2.39. The summed E-state index contributed by atoms with van der Waals surface area (Å²) in [7, 11) is 0. The Labute approximate surface area is 279 Å². The number of hydrogen-bond acceptors (Lipinski definition) is 10. The van der Waals surface area contributed by atoms with Gasteiger partial charge in [0.05, 0.1) is 29.4 Å². The number of amides is 1. The van der Waals surface area contributed by atoms with Crippen molar-refractivity contribution in [2.75, 3.05) is 76.1 Å². The lowest BCUT2D eigenvalue weighted by molar-refractivity contribution is -0.169. The third-order valence-corrected chi connectivity index (χ3v) is 8.82. The second-order valence-corrected chi connectivity index (χ2v) is 13.5. The highest BCUT2D eigenvalue weighted by molar-refractivity contribution is 6.31. The molecule has 0 unspecified atom stereocenters. The quantitative estimate of drug-likeness (QED) is 0.209. The molecular formula is C34H41ClFN7O4. The Morgan fingerprint density at radius 2 is 1.87 bits per heavy atom. The summed E-state index contributed by atoms with van der Waals surface area (Å²) < 4.78 is 25.2. The van der Waals surface area contributed by atoms with Crippen LogP contribution >= 0.6 is 11.6 Å². The van der Waals surface area contributed by atoms with Crippen LogP contribution in [0.3, 0.4) is 0 Å². The molecule has 13 heteroatoms. The van der Waals surface area contributed by atoms with E-state index >= 15 is 0 Å². The molecule has 250 valence electrons. The molecule has 1 amide bonds. The van der Waals surface area contributed by atoms with E-state index in [1.165, 1.54) is 18.5 Å². The van der Waals surface area contributed by atoms with Crippen LogP contribution in [0.1, 0.15) is 26.7 Å². The van der Waals surface area contributed by atoms with Gasteiger partial charge < -0.3 is 20.1 Å². The van der Waals surface area contributed by atoms with Gasteiger partial charge in [-0.3, -0.25) is 24.3 Å². The lowest BCUT2D eigenvalue weighted by atomic mass is 10.1. The van der Waals surface area contributed by atoms with E-state index in [0.717, 1.165) is 58.7 Å². The third kappa shape index (κ3) is 9.16. The topological polar surface area (TPSA) is 112 Å². The number of fused-ring (bicyclic) bond motifs is 1. The molecule has 6 rings (SSSR count). The molecule has 47 heavy (non-hydrogen) atoms. The molecule has 3 fully saturated rings. The van der Waals surface area contributed by atoms with Gasteiger partial charge in [-0.25, -0.2) is 14.4 Å². The normalized spacial score (nSPS) is 19.2. The zero-order valence-corrected chi connectivity index (χ0v) is 27.6. The highest BCUT2D eigenvalue weighted by atomic mass is 35.5. The van der Waals surface area contributed by atoms with Gasteiger partial charge in [0.25, 0.3) is 0 Å². The summed E-state index contributed by atoms with van der Waals surface area (Å²) in [6.45, 7) is 11.6. The van der Waals surface area contributed by atoms with Crippen molar-refractivity contribution in [1.82, 2.24) is 24.7 Å². The van der Waals surface area contributed by atoms with Crippen LogP contribution in [0.2, 0.25) is 5.02 Å². The number of rotatable bonds is 12. The predicted molar refractivity (Wildman–Crippen MR) is 180 cm³/mol. The van der Waals surface area contributed by atoms with Crippen molar-refractivity contribution in [2.24, 2.45) is 5.92 Å². The Kier molecular flexibility index (Phi) is 10.2. The van der Waals surface area contributed by atoms with Gasteiger partial charge in [0.15, 0.2) is 0 Å². The van der Waals surface area contributed by atoms with Crippen molar-refractivity contribution < 1.29 is 23.5 Å². The molecule has 2 saturated heterocycles. The second-order valence-electron chi connectivity index (χ2n) is 13.1. The fraction of sp³-hybridized carbons (Fsp3) is 0.471. The number of anilines is 3. The number of aromatic nitrogens is 2.